The van der Waals surface area contributed by atoms with Crippen LogP contribution in [0.4, 0.5) is 23.7 Å². The molecule has 3 rings (SSSR count). The summed E-state index contributed by atoms with van der Waals surface area (Å²) in [5.74, 6) is -1.87. The van der Waals surface area contributed by atoms with E-state index in [1.54, 1.807) is 0 Å². The first-order valence-electron chi connectivity index (χ1n) is 8.64. The quantitative estimate of drug-likeness (QED) is 0.631. The first kappa shape index (κ1) is 22.7. The van der Waals surface area contributed by atoms with Gasteiger partial charge in [-0.2, -0.15) is 0 Å². The van der Waals surface area contributed by atoms with Gasteiger partial charge in [-0.15, -0.1) is 13.2 Å². The highest BCUT2D eigenvalue weighted by molar-refractivity contribution is 6.42. The number of benzene rings is 2. The number of urea groups is 1. The fourth-order valence-electron chi connectivity index (χ4n) is 2.93. The Morgan fingerprint density at radius 3 is 2.35 bits per heavy atom. The van der Waals surface area contributed by atoms with E-state index in [1.165, 1.54) is 37.3 Å². The zero-order valence-electron chi connectivity index (χ0n) is 15.7. The molecular formula is C19H14Cl2F3N3O4. The maximum absolute atomic E-state index is 12.9. The average molecular weight is 476 g/mol. The molecule has 4 amide bonds. The van der Waals surface area contributed by atoms with Crippen LogP contribution < -0.4 is 15.4 Å². The van der Waals surface area contributed by atoms with Gasteiger partial charge in [0, 0.05) is 5.69 Å². The summed E-state index contributed by atoms with van der Waals surface area (Å²) < 4.78 is 40.3. The molecule has 12 heteroatoms. The molecule has 1 aliphatic heterocycles. The fourth-order valence-corrected chi connectivity index (χ4v) is 3.23. The molecule has 2 aromatic rings. The molecule has 0 radical (unpaired) electrons. The SMILES string of the molecule is C[C@@]1(c2ccc(Cl)c(Cl)c2)NC(=O)N(CC(=O)Nc2ccc(OC(F)(F)F)cc2)C1=O. The van der Waals surface area contributed by atoms with Crippen LogP contribution in [0.3, 0.4) is 0 Å². The Morgan fingerprint density at radius 2 is 1.77 bits per heavy atom. The lowest BCUT2D eigenvalue weighted by atomic mass is 9.92. The highest BCUT2D eigenvalue weighted by atomic mass is 35.5. The van der Waals surface area contributed by atoms with E-state index in [1.807, 2.05) is 0 Å². The number of ether oxygens (including phenoxy) is 1. The second kappa shape index (κ2) is 8.27. The van der Waals surface area contributed by atoms with E-state index in [-0.39, 0.29) is 15.7 Å². The summed E-state index contributed by atoms with van der Waals surface area (Å²) in [5, 5.41) is 5.38. The van der Waals surface area contributed by atoms with Gasteiger partial charge in [-0.05, 0) is 48.9 Å². The van der Waals surface area contributed by atoms with Crippen molar-refractivity contribution in [1.82, 2.24) is 10.2 Å². The van der Waals surface area contributed by atoms with Gasteiger partial charge in [0.15, 0.2) is 0 Å². The lowest BCUT2D eigenvalue weighted by Gasteiger charge is -2.22. The number of nitrogens with zero attached hydrogens (tertiary/aromatic N) is 1. The number of carbonyl (C=O) groups excluding carboxylic acids is 3. The van der Waals surface area contributed by atoms with Gasteiger partial charge in [0.2, 0.25) is 5.91 Å². The molecule has 2 aromatic carbocycles. The molecule has 1 fully saturated rings. The molecule has 7 nitrogen and oxygen atoms in total. The summed E-state index contributed by atoms with van der Waals surface area (Å²) in [6.07, 6.45) is -4.84. The summed E-state index contributed by atoms with van der Waals surface area (Å²) in [6.45, 7) is 0.854. The number of amides is 4. The van der Waals surface area contributed by atoms with Crippen molar-refractivity contribution in [3.05, 3.63) is 58.1 Å². The lowest BCUT2D eigenvalue weighted by Crippen LogP contribution is -2.42. The monoisotopic (exact) mass is 475 g/mol. The van der Waals surface area contributed by atoms with E-state index in [0.29, 0.717) is 5.56 Å². The number of carbonyl (C=O) groups is 3. The third-order valence-electron chi connectivity index (χ3n) is 4.45. The highest BCUT2D eigenvalue weighted by Crippen LogP contribution is 2.33. The Hall–Kier alpha value is -2.98. The topological polar surface area (TPSA) is 87.7 Å². The molecule has 0 saturated carbocycles. The normalized spacial score (nSPS) is 18.7. The van der Waals surface area contributed by atoms with E-state index in [9.17, 15) is 27.6 Å². The predicted molar refractivity (Wildman–Crippen MR) is 106 cm³/mol. The van der Waals surface area contributed by atoms with E-state index in [0.717, 1.165) is 17.0 Å². The van der Waals surface area contributed by atoms with Crippen molar-refractivity contribution in [3.63, 3.8) is 0 Å². The molecule has 0 spiro atoms. The van der Waals surface area contributed by atoms with Crippen molar-refractivity contribution in [1.29, 1.82) is 0 Å². The van der Waals surface area contributed by atoms with Crippen molar-refractivity contribution in [2.45, 2.75) is 18.8 Å². The summed E-state index contributed by atoms with van der Waals surface area (Å²) in [6, 6.07) is 8.05. The van der Waals surface area contributed by atoms with Gasteiger partial charge >= 0.3 is 12.4 Å². The van der Waals surface area contributed by atoms with E-state index >= 15 is 0 Å². The Labute approximate surface area is 184 Å². The Morgan fingerprint density at radius 1 is 1.13 bits per heavy atom. The number of hydrogen-bond donors (Lipinski definition) is 2. The molecule has 1 saturated heterocycles. The minimum absolute atomic E-state index is 0.152. The summed E-state index contributed by atoms with van der Waals surface area (Å²) in [4.78, 5) is 38.2. The Kier molecular flexibility index (Phi) is 6.06. The van der Waals surface area contributed by atoms with Gasteiger partial charge in [0.1, 0.15) is 17.8 Å². The van der Waals surface area contributed by atoms with E-state index in [2.05, 4.69) is 15.4 Å². The zero-order chi connectivity index (χ0) is 23.0. The maximum Gasteiger partial charge on any atom is 0.573 e. The number of alkyl halides is 3. The third-order valence-corrected chi connectivity index (χ3v) is 5.18. The van der Waals surface area contributed by atoms with Crippen molar-refractivity contribution in [2.24, 2.45) is 0 Å². The molecule has 0 aliphatic carbocycles. The number of nitrogens with one attached hydrogen (secondary N) is 2. The third kappa shape index (κ3) is 5.02. The molecule has 0 bridgehead atoms. The highest BCUT2D eigenvalue weighted by Gasteiger charge is 2.49. The van der Waals surface area contributed by atoms with Gasteiger partial charge in [-0.3, -0.25) is 14.5 Å². The Balaban J connectivity index is 1.68. The van der Waals surface area contributed by atoms with Crippen LogP contribution in [0.15, 0.2) is 42.5 Å². The summed E-state index contributed by atoms with van der Waals surface area (Å²) in [7, 11) is 0. The predicted octanol–water partition coefficient (Wildman–Crippen LogP) is 4.30. The second-order valence-corrected chi connectivity index (χ2v) is 7.51. The number of anilines is 1. The largest absolute Gasteiger partial charge is 0.573 e. The average Bonchev–Trinajstić information content (AvgIpc) is 2.88. The van der Waals surface area contributed by atoms with Crippen molar-refractivity contribution >= 4 is 46.7 Å². The van der Waals surface area contributed by atoms with Crippen LogP contribution in [0, 0.1) is 0 Å². The van der Waals surface area contributed by atoms with Crippen molar-refractivity contribution in [3.8, 4) is 5.75 Å². The van der Waals surface area contributed by atoms with E-state index < -0.39 is 42.0 Å². The van der Waals surface area contributed by atoms with Crippen LogP contribution in [0.25, 0.3) is 0 Å². The second-order valence-electron chi connectivity index (χ2n) is 6.70. The number of rotatable bonds is 5. The maximum atomic E-state index is 12.9. The molecule has 0 unspecified atom stereocenters. The first-order valence-corrected chi connectivity index (χ1v) is 9.40. The molecular weight excluding hydrogens is 462 g/mol. The molecule has 1 atom stereocenters. The van der Waals surface area contributed by atoms with Crippen LogP contribution in [-0.2, 0) is 15.1 Å². The first-order chi connectivity index (χ1) is 14.4. The van der Waals surface area contributed by atoms with Gasteiger partial charge in [0.05, 0.1) is 10.0 Å². The van der Waals surface area contributed by atoms with Crippen molar-refractivity contribution in [2.75, 3.05) is 11.9 Å². The molecule has 164 valence electrons. The molecule has 31 heavy (non-hydrogen) atoms. The van der Waals surface area contributed by atoms with Crippen molar-refractivity contribution < 1.29 is 32.3 Å². The number of halogens is 5. The van der Waals surface area contributed by atoms with Crippen LogP contribution in [0.2, 0.25) is 10.0 Å². The van der Waals surface area contributed by atoms with Crippen LogP contribution >= 0.6 is 23.2 Å². The Bertz CT molecular complexity index is 1050. The molecule has 2 N–H and O–H groups in total. The minimum atomic E-state index is -4.84. The van der Waals surface area contributed by atoms with E-state index in [4.69, 9.17) is 23.2 Å². The summed E-state index contributed by atoms with van der Waals surface area (Å²) >= 11 is 11.9. The van der Waals surface area contributed by atoms with Crippen LogP contribution in [0.5, 0.6) is 5.75 Å². The van der Waals surface area contributed by atoms with Crippen LogP contribution in [0.1, 0.15) is 12.5 Å². The molecule has 1 aliphatic rings. The molecule has 1 heterocycles. The molecule has 0 aromatic heterocycles. The smallest absolute Gasteiger partial charge is 0.406 e. The summed E-state index contributed by atoms with van der Waals surface area (Å²) in [5.41, 5.74) is -0.926. The van der Waals surface area contributed by atoms with Gasteiger partial charge < -0.3 is 15.4 Å². The van der Waals surface area contributed by atoms with Crippen LogP contribution in [-0.4, -0.2) is 35.7 Å². The number of hydrogen-bond acceptors (Lipinski definition) is 4. The zero-order valence-corrected chi connectivity index (χ0v) is 17.2. The minimum Gasteiger partial charge on any atom is -0.406 e. The fraction of sp³-hybridized carbons (Fsp3) is 0.211. The van der Waals surface area contributed by atoms with Gasteiger partial charge in [-0.25, -0.2) is 4.79 Å². The number of imide groups is 1. The lowest BCUT2D eigenvalue weighted by molar-refractivity contribution is -0.274. The van der Waals surface area contributed by atoms with Gasteiger partial charge in [0.25, 0.3) is 5.91 Å². The standard InChI is InChI=1S/C19H14Cl2F3N3O4/c1-18(10-2-7-13(20)14(21)8-10)16(29)27(17(30)26-18)9-15(28)25-11-3-5-12(6-4-11)31-19(22,23)24/h2-8H,9H2,1H3,(H,25,28)(H,26,30)/t18-/m0/s1. The van der Waals surface area contributed by atoms with Gasteiger partial charge in [-0.1, -0.05) is 29.3 Å².